The van der Waals surface area contributed by atoms with E-state index in [1.807, 2.05) is 18.2 Å². The lowest BCUT2D eigenvalue weighted by Gasteiger charge is -2.23. The molecule has 2 amide bonds. The number of methoxy groups -OCH3 is 1. The first-order chi connectivity index (χ1) is 14.2. The van der Waals surface area contributed by atoms with Gasteiger partial charge in [-0.15, -0.1) is 0 Å². The molecular formula is C22H27N3O4. The summed E-state index contributed by atoms with van der Waals surface area (Å²) in [7, 11) is 1.58. The van der Waals surface area contributed by atoms with E-state index in [4.69, 9.17) is 14.2 Å². The number of benzene rings is 1. The Bertz CT molecular complexity index is 821. The molecule has 29 heavy (non-hydrogen) atoms. The molecule has 154 valence electrons. The van der Waals surface area contributed by atoms with E-state index in [0.29, 0.717) is 18.4 Å². The molecule has 2 saturated heterocycles. The monoisotopic (exact) mass is 397 g/mol. The van der Waals surface area contributed by atoms with Crippen molar-refractivity contribution in [2.45, 2.75) is 37.3 Å². The van der Waals surface area contributed by atoms with Crippen LogP contribution in [0.3, 0.4) is 0 Å². The van der Waals surface area contributed by atoms with E-state index in [-0.39, 0.29) is 18.2 Å². The van der Waals surface area contributed by atoms with Crippen molar-refractivity contribution < 1.29 is 19.0 Å². The van der Waals surface area contributed by atoms with Gasteiger partial charge in [-0.2, -0.15) is 0 Å². The smallest absolute Gasteiger partial charge is 0.319 e. The zero-order chi connectivity index (χ0) is 20.1. The number of nitrogens with zero attached hydrogens (tertiary/aromatic N) is 1. The number of amides is 2. The molecule has 1 aromatic carbocycles. The van der Waals surface area contributed by atoms with Crippen LogP contribution in [0.1, 0.15) is 42.4 Å². The molecule has 0 bridgehead atoms. The first kappa shape index (κ1) is 19.7. The molecule has 2 aromatic rings. The van der Waals surface area contributed by atoms with Crippen LogP contribution in [-0.2, 0) is 9.47 Å². The Morgan fingerprint density at radius 1 is 1.10 bits per heavy atom. The Morgan fingerprint density at radius 2 is 1.97 bits per heavy atom. The fraction of sp³-hybridized carbons (Fsp3) is 0.455. The third-order valence-corrected chi connectivity index (χ3v) is 5.54. The van der Waals surface area contributed by atoms with Gasteiger partial charge in [-0.05, 0) is 48.9 Å². The predicted molar refractivity (Wildman–Crippen MR) is 109 cm³/mol. The number of carbonyl (C=O) groups excluding carboxylic acids is 1. The van der Waals surface area contributed by atoms with E-state index in [0.717, 1.165) is 43.7 Å². The van der Waals surface area contributed by atoms with Gasteiger partial charge >= 0.3 is 6.03 Å². The maximum Gasteiger partial charge on any atom is 0.319 e. The van der Waals surface area contributed by atoms with Gasteiger partial charge in [0.15, 0.2) is 0 Å². The molecule has 2 N–H and O–H groups in total. The Labute approximate surface area is 170 Å². The number of hydrogen-bond donors (Lipinski definition) is 2. The maximum absolute atomic E-state index is 12.6. The van der Waals surface area contributed by atoms with Crippen LogP contribution in [0.25, 0.3) is 0 Å². The summed E-state index contributed by atoms with van der Waals surface area (Å²) in [6, 6.07) is 11.5. The van der Waals surface area contributed by atoms with Crippen LogP contribution in [0.15, 0.2) is 42.6 Å². The van der Waals surface area contributed by atoms with Gasteiger partial charge in [0.05, 0.1) is 13.2 Å². The highest BCUT2D eigenvalue weighted by Crippen LogP contribution is 2.30. The van der Waals surface area contributed by atoms with Crippen molar-refractivity contribution in [2.75, 3.05) is 32.2 Å². The minimum absolute atomic E-state index is 0.108. The second-order valence-corrected chi connectivity index (χ2v) is 7.43. The Morgan fingerprint density at radius 3 is 2.72 bits per heavy atom. The van der Waals surface area contributed by atoms with Crippen molar-refractivity contribution in [3.63, 3.8) is 0 Å². The first-order valence-corrected chi connectivity index (χ1v) is 10.1. The number of pyridine rings is 1. The van der Waals surface area contributed by atoms with Gasteiger partial charge in [-0.3, -0.25) is 0 Å². The summed E-state index contributed by atoms with van der Waals surface area (Å²) in [5.41, 5.74) is 2.97. The van der Waals surface area contributed by atoms with Crippen molar-refractivity contribution in [3.8, 4) is 5.88 Å². The molecule has 0 radical (unpaired) electrons. The van der Waals surface area contributed by atoms with Gasteiger partial charge in [-0.25, -0.2) is 9.78 Å². The molecule has 2 fully saturated rings. The molecule has 7 nitrogen and oxygen atoms in total. The van der Waals surface area contributed by atoms with Gasteiger partial charge in [-0.1, -0.05) is 12.1 Å². The highest BCUT2D eigenvalue weighted by Gasteiger charge is 2.31. The second-order valence-electron chi connectivity index (χ2n) is 7.43. The predicted octanol–water partition coefficient (Wildman–Crippen LogP) is 3.64. The molecule has 7 heteroatoms. The van der Waals surface area contributed by atoms with Crippen molar-refractivity contribution in [2.24, 2.45) is 0 Å². The van der Waals surface area contributed by atoms with Crippen LogP contribution in [-0.4, -0.2) is 44.0 Å². The van der Waals surface area contributed by atoms with Crippen LogP contribution < -0.4 is 15.4 Å². The number of rotatable bonds is 5. The standard InChI is InChI=1S/C22H27N3O4/c1-27-20-6-5-17(14-23-20)21-19(9-12-29-21)25-22(26)24-18-4-2-3-16(13-18)15-7-10-28-11-8-15/h2-6,13-15,19,21H,7-12H2,1H3,(H2,24,25,26)/t19-,21+/m1/s1. The van der Waals surface area contributed by atoms with Crippen molar-refractivity contribution in [1.82, 2.24) is 10.3 Å². The van der Waals surface area contributed by atoms with Gasteiger partial charge in [0.1, 0.15) is 6.10 Å². The van der Waals surface area contributed by atoms with E-state index >= 15 is 0 Å². The lowest BCUT2D eigenvalue weighted by atomic mass is 9.91. The van der Waals surface area contributed by atoms with Gasteiger partial charge in [0.2, 0.25) is 5.88 Å². The quantitative estimate of drug-likeness (QED) is 0.805. The van der Waals surface area contributed by atoms with Gasteiger partial charge in [0.25, 0.3) is 0 Å². The van der Waals surface area contributed by atoms with E-state index < -0.39 is 0 Å². The largest absolute Gasteiger partial charge is 0.481 e. The third-order valence-electron chi connectivity index (χ3n) is 5.54. The highest BCUT2D eigenvalue weighted by molar-refractivity contribution is 5.89. The van der Waals surface area contributed by atoms with Gasteiger partial charge < -0.3 is 24.8 Å². The number of ether oxygens (including phenoxy) is 3. The van der Waals surface area contributed by atoms with Crippen LogP contribution >= 0.6 is 0 Å². The van der Waals surface area contributed by atoms with Crippen molar-refractivity contribution >= 4 is 11.7 Å². The Balaban J connectivity index is 1.37. The molecule has 0 unspecified atom stereocenters. The van der Waals surface area contributed by atoms with E-state index in [9.17, 15) is 4.79 Å². The SMILES string of the molecule is COc1ccc([C@@H]2OCC[C@H]2NC(=O)Nc2cccc(C3CCOCC3)c2)cn1. The van der Waals surface area contributed by atoms with Crippen LogP contribution in [0.2, 0.25) is 0 Å². The summed E-state index contributed by atoms with van der Waals surface area (Å²) in [6.07, 6.45) is 4.32. The number of hydrogen-bond acceptors (Lipinski definition) is 5. The molecule has 2 aliphatic heterocycles. The van der Waals surface area contributed by atoms with Crippen LogP contribution in [0, 0.1) is 0 Å². The summed E-state index contributed by atoms with van der Waals surface area (Å²) in [4.78, 5) is 16.8. The fourth-order valence-corrected chi connectivity index (χ4v) is 3.98. The normalized spacial score (nSPS) is 22.2. The zero-order valence-electron chi connectivity index (χ0n) is 16.6. The summed E-state index contributed by atoms with van der Waals surface area (Å²) in [5.74, 6) is 1.04. The molecule has 0 saturated carbocycles. The van der Waals surface area contributed by atoms with Crippen LogP contribution in [0.4, 0.5) is 10.5 Å². The zero-order valence-corrected chi connectivity index (χ0v) is 16.6. The molecule has 1 aromatic heterocycles. The second kappa shape index (κ2) is 9.24. The lowest BCUT2D eigenvalue weighted by molar-refractivity contribution is 0.0853. The van der Waals surface area contributed by atoms with E-state index in [1.54, 1.807) is 19.4 Å². The minimum Gasteiger partial charge on any atom is -0.481 e. The molecular weight excluding hydrogens is 370 g/mol. The molecule has 3 heterocycles. The summed E-state index contributed by atoms with van der Waals surface area (Å²) in [6.45, 7) is 2.19. The summed E-state index contributed by atoms with van der Waals surface area (Å²) >= 11 is 0. The van der Waals surface area contributed by atoms with Gasteiger partial charge in [0, 0.05) is 43.3 Å². The number of nitrogens with one attached hydrogen (secondary N) is 2. The number of carbonyl (C=O) groups is 1. The summed E-state index contributed by atoms with van der Waals surface area (Å²) < 4.78 is 16.4. The molecule has 0 spiro atoms. The minimum atomic E-state index is -0.226. The van der Waals surface area contributed by atoms with E-state index in [2.05, 4.69) is 27.8 Å². The molecule has 0 aliphatic carbocycles. The average Bonchev–Trinajstić information content (AvgIpc) is 3.22. The molecule has 2 aliphatic rings. The lowest BCUT2D eigenvalue weighted by Crippen LogP contribution is -2.39. The highest BCUT2D eigenvalue weighted by atomic mass is 16.5. The van der Waals surface area contributed by atoms with Crippen molar-refractivity contribution in [3.05, 3.63) is 53.7 Å². The van der Waals surface area contributed by atoms with Crippen LogP contribution in [0.5, 0.6) is 5.88 Å². The Kier molecular flexibility index (Phi) is 6.27. The molecule has 2 atom stereocenters. The van der Waals surface area contributed by atoms with E-state index in [1.165, 1.54) is 5.56 Å². The molecule has 4 rings (SSSR count). The fourth-order valence-electron chi connectivity index (χ4n) is 3.98. The number of urea groups is 1. The average molecular weight is 397 g/mol. The Hall–Kier alpha value is -2.64. The number of aromatic nitrogens is 1. The topological polar surface area (TPSA) is 81.7 Å². The number of anilines is 1. The maximum atomic E-state index is 12.6. The van der Waals surface area contributed by atoms with Crippen molar-refractivity contribution in [1.29, 1.82) is 0 Å². The summed E-state index contributed by atoms with van der Waals surface area (Å²) in [5, 5.41) is 6.02. The first-order valence-electron chi connectivity index (χ1n) is 10.1. The third kappa shape index (κ3) is 4.86.